The Balaban J connectivity index is 2.11. The number of ketones is 1. The van der Waals surface area contributed by atoms with Crippen molar-refractivity contribution in [1.29, 1.82) is 0 Å². The predicted molar refractivity (Wildman–Crippen MR) is 73.8 cm³/mol. The number of carbonyl (C=O) groups is 1. The summed E-state index contributed by atoms with van der Waals surface area (Å²) in [5.74, 6) is 0.239. The van der Waals surface area contributed by atoms with Gasteiger partial charge in [0.25, 0.3) is 0 Å². The molecular formula is C11H12N2OS3. The van der Waals surface area contributed by atoms with Gasteiger partial charge in [-0.3, -0.25) is 4.79 Å². The Bertz CT molecular complexity index is 493. The molecule has 0 saturated heterocycles. The van der Waals surface area contributed by atoms with E-state index >= 15 is 0 Å². The molecule has 0 amide bonds. The number of carbonyl (C=O) groups excluding carboxylic acids is 1. The number of hydrogen-bond acceptors (Lipinski definition) is 6. The van der Waals surface area contributed by atoms with Crippen molar-refractivity contribution in [2.75, 3.05) is 0 Å². The molecule has 2 aromatic heterocycles. The van der Waals surface area contributed by atoms with E-state index < -0.39 is 0 Å². The van der Waals surface area contributed by atoms with Gasteiger partial charge in [0.15, 0.2) is 0 Å². The van der Waals surface area contributed by atoms with Crippen LogP contribution in [0.25, 0.3) is 11.3 Å². The lowest BCUT2D eigenvalue weighted by molar-refractivity contribution is -0.116. The van der Waals surface area contributed by atoms with E-state index in [0.717, 1.165) is 21.9 Å². The maximum Gasteiger partial charge on any atom is 0.143 e. The molecule has 0 radical (unpaired) electrons. The van der Waals surface area contributed by atoms with E-state index in [2.05, 4.69) is 21.0 Å². The van der Waals surface area contributed by atoms with Crippen LogP contribution in [-0.4, -0.2) is 20.6 Å². The molecule has 2 rings (SSSR count). The van der Waals surface area contributed by atoms with Gasteiger partial charge in [-0.1, -0.05) is 11.4 Å². The molecule has 0 aliphatic carbocycles. The van der Waals surface area contributed by atoms with Crippen molar-refractivity contribution >= 4 is 40.4 Å². The Morgan fingerprint density at radius 2 is 2.35 bits per heavy atom. The maximum absolute atomic E-state index is 11.4. The molecule has 0 aromatic carbocycles. The first-order valence-corrected chi connectivity index (χ1v) is 7.83. The van der Waals surface area contributed by atoms with Gasteiger partial charge in [-0.05, 0) is 30.9 Å². The van der Waals surface area contributed by atoms with Crippen LogP contribution >= 0.6 is 34.6 Å². The number of aromatic nitrogens is 2. The highest BCUT2D eigenvalue weighted by Gasteiger charge is 2.15. The average molecular weight is 284 g/mol. The van der Waals surface area contributed by atoms with Crippen LogP contribution in [0.5, 0.6) is 0 Å². The second kappa shape index (κ2) is 5.75. The zero-order chi connectivity index (χ0) is 12.3. The summed E-state index contributed by atoms with van der Waals surface area (Å²) in [5.41, 5.74) is 2.00. The van der Waals surface area contributed by atoms with Gasteiger partial charge >= 0.3 is 0 Å². The van der Waals surface area contributed by atoms with E-state index in [1.165, 1.54) is 11.5 Å². The fraction of sp³-hybridized carbons (Fsp3) is 0.364. The molecule has 1 unspecified atom stereocenters. The van der Waals surface area contributed by atoms with Gasteiger partial charge in [-0.2, -0.15) is 0 Å². The number of rotatable bonds is 5. The predicted octanol–water partition coefficient (Wildman–Crippen LogP) is 3.73. The highest BCUT2D eigenvalue weighted by Crippen LogP contribution is 2.34. The maximum atomic E-state index is 11.4. The van der Waals surface area contributed by atoms with Crippen LogP contribution in [0, 0.1) is 0 Å². The van der Waals surface area contributed by atoms with Crippen LogP contribution in [0.2, 0.25) is 0 Å². The van der Waals surface area contributed by atoms with Crippen LogP contribution in [0.3, 0.4) is 0 Å². The van der Waals surface area contributed by atoms with Gasteiger partial charge < -0.3 is 0 Å². The quantitative estimate of drug-likeness (QED) is 0.785. The normalized spacial score (nSPS) is 12.6. The molecule has 90 valence electrons. The SMILES string of the molecule is CCC(Sc1cc(-c2csnn2)cs1)C(C)=O. The van der Waals surface area contributed by atoms with Gasteiger partial charge in [0.05, 0.1) is 9.46 Å². The molecule has 0 N–H and O–H groups in total. The minimum atomic E-state index is 0.0649. The summed E-state index contributed by atoms with van der Waals surface area (Å²) in [5, 5.41) is 8.09. The monoisotopic (exact) mass is 284 g/mol. The van der Waals surface area contributed by atoms with Crippen molar-refractivity contribution in [3.63, 3.8) is 0 Å². The highest BCUT2D eigenvalue weighted by atomic mass is 32.2. The van der Waals surface area contributed by atoms with Gasteiger partial charge in [-0.25, -0.2) is 0 Å². The summed E-state index contributed by atoms with van der Waals surface area (Å²) in [7, 11) is 0. The van der Waals surface area contributed by atoms with E-state index in [0.29, 0.717) is 0 Å². The summed E-state index contributed by atoms with van der Waals surface area (Å²) in [6.07, 6.45) is 0.867. The van der Waals surface area contributed by atoms with Crippen molar-refractivity contribution in [3.8, 4) is 11.3 Å². The Morgan fingerprint density at radius 3 is 2.94 bits per heavy atom. The second-order valence-corrected chi connectivity index (χ2v) is 6.59. The van der Waals surface area contributed by atoms with Crippen molar-refractivity contribution in [3.05, 3.63) is 16.8 Å². The summed E-state index contributed by atoms with van der Waals surface area (Å²) in [6.45, 7) is 3.69. The number of thioether (sulfide) groups is 1. The van der Waals surface area contributed by atoms with Crippen LogP contribution < -0.4 is 0 Å². The fourth-order valence-electron chi connectivity index (χ4n) is 1.40. The molecular weight excluding hydrogens is 272 g/mol. The lowest BCUT2D eigenvalue weighted by Gasteiger charge is -2.07. The Labute approximate surface area is 112 Å². The number of nitrogens with zero attached hydrogens (tertiary/aromatic N) is 2. The van der Waals surface area contributed by atoms with E-state index in [-0.39, 0.29) is 11.0 Å². The average Bonchev–Trinajstić information content (AvgIpc) is 2.95. The van der Waals surface area contributed by atoms with E-state index in [4.69, 9.17) is 0 Å². The van der Waals surface area contributed by atoms with Gasteiger partial charge in [-0.15, -0.1) is 28.2 Å². The third-order valence-electron chi connectivity index (χ3n) is 2.31. The van der Waals surface area contributed by atoms with E-state index in [1.807, 2.05) is 12.3 Å². The second-order valence-electron chi connectivity index (χ2n) is 3.57. The minimum Gasteiger partial charge on any atom is -0.299 e. The lowest BCUT2D eigenvalue weighted by atomic mass is 10.2. The summed E-state index contributed by atoms with van der Waals surface area (Å²) < 4.78 is 5.01. The summed E-state index contributed by atoms with van der Waals surface area (Å²) in [4.78, 5) is 11.4. The lowest BCUT2D eigenvalue weighted by Crippen LogP contribution is -2.11. The molecule has 6 heteroatoms. The molecule has 0 bridgehead atoms. The van der Waals surface area contributed by atoms with E-state index in [1.54, 1.807) is 30.0 Å². The molecule has 2 aromatic rings. The Hall–Kier alpha value is -0.720. The van der Waals surface area contributed by atoms with E-state index in [9.17, 15) is 4.79 Å². The first kappa shape index (κ1) is 12.7. The van der Waals surface area contributed by atoms with Gasteiger partial charge in [0.1, 0.15) is 11.5 Å². The molecule has 0 aliphatic rings. The van der Waals surface area contributed by atoms with Crippen molar-refractivity contribution < 1.29 is 4.79 Å². The number of Topliss-reactive ketones (excluding diaryl/α,β-unsaturated/α-hetero) is 1. The topological polar surface area (TPSA) is 42.9 Å². The summed E-state index contributed by atoms with van der Waals surface area (Å²) >= 11 is 4.65. The van der Waals surface area contributed by atoms with Crippen LogP contribution in [0.1, 0.15) is 20.3 Å². The Morgan fingerprint density at radius 1 is 1.53 bits per heavy atom. The standard InChI is InChI=1S/C11H12N2OS3/c1-3-10(7(2)14)17-11-4-8(5-15-11)9-6-16-13-12-9/h4-6,10H,3H2,1-2H3. The molecule has 0 aliphatic heterocycles. The van der Waals surface area contributed by atoms with Crippen LogP contribution in [0.4, 0.5) is 0 Å². The zero-order valence-corrected chi connectivity index (χ0v) is 12.0. The summed E-state index contributed by atoms with van der Waals surface area (Å²) in [6, 6.07) is 2.08. The molecule has 2 heterocycles. The zero-order valence-electron chi connectivity index (χ0n) is 9.54. The first-order valence-electron chi connectivity index (χ1n) is 5.23. The minimum absolute atomic E-state index is 0.0649. The molecule has 0 spiro atoms. The first-order chi connectivity index (χ1) is 8.20. The van der Waals surface area contributed by atoms with Gasteiger partial charge in [0, 0.05) is 16.3 Å². The third-order valence-corrected chi connectivity index (χ3v) is 5.42. The van der Waals surface area contributed by atoms with Gasteiger partial charge in [0.2, 0.25) is 0 Å². The van der Waals surface area contributed by atoms with Crippen molar-refractivity contribution in [2.24, 2.45) is 0 Å². The van der Waals surface area contributed by atoms with Crippen molar-refractivity contribution in [2.45, 2.75) is 29.7 Å². The molecule has 1 atom stereocenters. The molecule has 17 heavy (non-hydrogen) atoms. The number of thiophene rings is 1. The smallest absolute Gasteiger partial charge is 0.143 e. The van der Waals surface area contributed by atoms with Crippen LogP contribution in [0.15, 0.2) is 21.0 Å². The molecule has 0 saturated carbocycles. The third kappa shape index (κ3) is 3.14. The van der Waals surface area contributed by atoms with Crippen molar-refractivity contribution in [1.82, 2.24) is 9.59 Å². The highest BCUT2D eigenvalue weighted by molar-refractivity contribution is 8.02. The molecule has 3 nitrogen and oxygen atoms in total. The number of hydrogen-bond donors (Lipinski definition) is 0. The Kier molecular flexibility index (Phi) is 4.31. The molecule has 0 fully saturated rings. The van der Waals surface area contributed by atoms with Crippen LogP contribution in [-0.2, 0) is 4.79 Å². The largest absolute Gasteiger partial charge is 0.299 e. The fourth-order valence-corrected chi connectivity index (χ4v) is 4.01.